The molecule has 0 aliphatic carbocycles. The smallest absolute Gasteiger partial charge is 0.165 e. The van der Waals surface area contributed by atoms with Crippen LogP contribution in [-0.4, -0.2) is 21.4 Å². The van der Waals surface area contributed by atoms with Crippen molar-refractivity contribution in [1.82, 2.24) is 0 Å². The lowest BCUT2D eigenvalue weighted by Gasteiger charge is -2.24. The number of aromatic hydroxyl groups is 1. The van der Waals surface area contributed by atoms with Gasteiger partial charge < -0.3 is 15.3 Å². The highest BCUT2D eigenvalue weighted by atomic mass is 32.1. The Balaban J connectivity index is 2.06. The minimum atomic E-state index is -0.776. The van der Waals surface area contributed by atoms with Crippen molar-refractivity contribution < 1.29 is 19.7 Å². The summed E-state index contributed by atoms with van der Waals surface area (Å²) >= 11 is 1.45. The van der Waals surface area contributed by atoms with Crippen LogP contribution in [0.1, 0.15) is 49.2 Å². The van der Waals surface area contributed by atoms with Crippen molar-refractivity contribution in [3.8, 4) is 5.75 Å². The van der Waals surface area contributed by atoms with Crippen molar-refractivity contribution in [2.24, 2.45) is 5.92 Å². The highest BCUT2D eigenvalue weighted by Crippen LogP contribution is 2.31. The zero-order valence-corrected chi connectivity index (χ0v) is 16.3. The highest BCUT2D eigenvalue weighted by Gasteiger charge is 2.26. The molecule has 0 unspecified atom stereocenters. The molecule has 0 aliphatic heterocycles. The highest BCUT2D eigenvalue weighted by molar-refractivity contribution is 7.10. The summed E-state index contributed by atoms with van der Waals surface area (Å²) in [5.41, 5.74) is 1.78. The average Bonchev–Trinajstić information content (AvgIpc) is 3.18. The third-order valence-electron chi connectivity index (χ3n) is 4.59. The summed E-state index contributed by atoms with van der Waals surface area (Å²) in [5.74, 6) is -1.46. The van der Waals surface area contributed by atoms with E-state index in [0.29, 0.717) is 18.4 Å². The van der Waals surface area contributed by atoms with Gasteiger partial charge in [-0.25, -0.2) is 4.39 Å². The SMILES string of the molecule is C=C[C@H]([C@H](O)CC/C(=C/c1ccc(O)c(F)c1)CCC)[C@H](O)c1cccs1. The molecule has 3 nitrogen and oxygen atoms in total. The topological polar surface area (TPSA) is 60.7 Å². The normalized spacial score (nSPS) is 15.3. The van der Waals surface area contributed by atoms with E-state index < -0.39 is 23.9 Å². The number of benzene rings is 1. The Hall–Kier alpha value is -1.95. The van der Waals surface area contributed by atoms with Crippen molar-refractivity contribution in [3.05, 3.63) is 70.2 Å². The molecular weight excluding hydrogens is 363 g/mol. The molecular formula is C22H27FO3S. The second kappa shape index (κ2) is 10.4. The second-order valence-electron chi connectivity index (χ2n) is 6.64. The fourth-order valence-electron chi connectivity index (χ4n) is 3.11. The quantitative estimate of drug-likeness (QED) is 0.473. The van der Waals surface area contributed by atoms with Crippen LogP contribution >= 0.6 is 11.3 Å². The zero-order valence-electron chi connectivity index (χ0n) is 15.5. The van der Waals surface area contributed by atoms with Gasteiger partial charge in [0.15, 0.2) is 11.6 Å². The van der Waals surface area contributed by atoms with E-state index in [0.717, 1.165) is 23.3 Å². The Labute approximate surface area is 164 Å². The second-order valence-corrected chi connectivity index (χ2v) is 7.62. The standard InChI is InChI=1S/C22H27FO3S/c1-3-6-15(13-16-9-11-20(25)18(23)14-16)8-10-19(24)17(4-2)22(26)21-7-5-12-27-21/h4-5,7,9,11-14,17,19,22,24-26H,2-3,6,8,10H2,1H3/b15-13+/t17-,19-,22+/m1/s1. The van der Waals surface area contributed by atoms with E-state index in [1.54, 1.807) is 12.1 Å². The molecule has 0 saturated carbocycles. The summed E-state index contributed by atoms with van der Waals surface area (Å²) in [6, 6.07) is 8.02. The first-order valence-corrected chi connectivity index (χ1v) is 10.0. The monoisotopic (exact) mass is 390 g/mol. The Morgan fingerprint density at radius 2 is 2.04 bits per heavy atom. The van der Waals surface area contributed by atoms with Crippen LogP contribution in [0.4, 0.5) is 4.39 Å². The van der Waals surface area contributed by atoms with Gasteiger partial charge >= 0.3 is 0 Å². The van der Waals surface area contributed by atoms with Gasteiger partial charge in [0.25, 0.3) is 0 Å². The van der Waals surface area contributed by atoms with Crippen molar-refractivity contribution in [3.63, 3.8) is 0 Å². The van der Waals surface area contributed by atoms with Crippen molar-refractivity contribution in [2.75, 3.05) is 0 Å². The first kappa shape index (κ1) is 21.4. The van der Waals surface area contributed by atoms with Crippen molar-refractivity contribution >= 4 is 17.4 Å². The van der Waals surface area contributed by atoms with E-state index in [-0.39, 0.29) is 5.75 Å². The molecule has 1 heterocycles. The molecule has 1 aromatic heterocycles. The molecule has 2 aromatic rings. The van der Waals surface area contributed by atoms with E-state index in [2.05, 4.69) is 13.5 Å². The summed E-state index contributed by atoms with van der Waals surface area (Å²) in [6.45, 7) is 5.83. The maximum atomic E-state index is 13.5. The molecule has 0 bridgehead atoms. The lowest BCUT2D eigenvalue weighted by Crippen LogP contribution is -2.24. The third-order valence-corrected chi connectivity index (χ3v) is 5.53. The predicted molar refractivity (Wildman–Crippen MR) is 109 cm³/mol. The molecule has 0 spiro atoms. The summed E-state index contributed by atoms with van der Waals surface area (Å²) < 4.78 is 13.5. The van der Waals surface area contributed by atoms with Crippen LogP contribution in [0.2, 0.25) is 0 Å². The maximum absolute atomic E-state index is 13.5. The summed E-state index contributed by atoms with van der Waals surface area (Å²) in [5, 5.41) is 32.3. The number of allylic oxidation sites excluding steroid dienone is 1. The van der Waals surface area contributed by atoms with E-state index in [9.17, 15) is 19.7 Å². The number of rotatable bonds is 10. The van der Waals surface area contributed by atoms with Crippen LogP contribution in [0, 0.1) is 11.7 Å². The minimum Gasteiger partial charge on any atom is -0.505 e. The molecule has 2 rings (SSSR count). The molecule has 0 aliphatic rings. The molecule has 27 heavy (non-hydrogen) atoms. The van der Waals surface area contributed by atoms with Gasteiger partial charge in [0.1, 0.15) is 0 Å². The van der Waals surface area contributed by atoms with Gasteiger partial charge in [0, 0.05) is 10.8 Å². The average molecular weight is 391 g/mol. The molecule has 1 aromatic carbocycles. The van der Waals surface area contributed by atoms with E-state index >= 15 is 0 Å². The van der Waals surface area contributed by atoms with Crippen LogP contribution in [0.25, 0.3) is 6.08 Å². The Kier molecular flexibility index (Phi) is 8.23. The molecule has 5 heteroatoms. The van der Waals surface area contributed by atoms with E-state index in [1.807, 2.05) is 23.6 Å². The van der Waals surface area contributed by atoms with Gasteiger partial charge in [0.05, 0.1) is 12.2 Å². The number of aliphatic hydroxyl groups is 2. The fraction of sp³-hybridized carbons (Fsp3) is 0.364. The number of halogens is 1. The Bertz CT molecular complexity index is 755. The lowest BCUT2D eigenvalue weighted by molar-refractivity contribution is 0.0336. The first-order valence-electron chi connectivity index (χ1n) is 9.16. The Morgan fingerprint density at radius 1 is 1.26 bits per heavy atom. The number of hydrogen-bond acceptors (Lipinski definition) is 4. The molecule has 0 saturated heterocycles. The summed E-state index contributed by atoms with van der Waals surface area (Å²) in [4.78, 5) is 0.808. The zero-order chi connectivity index (χ0) is 19.8. The fourth-order valence-corrected chi connectivity index (χ4v) is 3.88. The molecule has 3 atom stereocenters. The predicted octanol–water partition coefficient (Wildman–Crippen LogP) is 5.45. The Morgan fingerprint density at radius 3 is 2.63 bits per heavy atom. The first-order chi connectivity index (χ1) is 13.0. The van der Waals surface area contributed by atoms with Crippen molar-refractivity contribution in [2.45, 2.75) is 44.8 Å². The van der Waals surface area contributed by atoms with Gasteiger partial charge in [-0.1, -0.05) is 43.2 Å². The van der Waals surface area contributed by atoms with Gasteiger partial charge in [-0.15, -0.1) is 17.9 Å². The third kappa shape index (κ3) is 6.03. The number of phenolic OH excluding ortho intramolecular Hbond substituents is 1. The van der Waals surface area contributed by atoms with E-state index in [4.69, 9.17) is 0 Å². The van der Waals surface area contributed by atoms with Crippen LogP contribution in [0.5, 0.6) is 5.75 Å². The van der Waals surface area contributed by atoms with E-state index in [1.165, 1.54) is 23.5 Å². The van der Waals surface area contributed by atoms with Gasteiger partial charge in [-0.2, -0.15) is 0 Å². The molecule has 3 N–H and O–H groups in total. The van der Waals surface area contributed by atoms with Gasteiger partial charge in [-0.3, -0.25) is 0 Å². The molecule has 0 fully saturated rings. The van der Waals surface area contributed by atoms with Crippen LogP contribution in [0.3, 0.4) is 0 Å². The van der Waals surface area contributed by atoms with Crippen LogP contribution < -0.4 is 0 Å². The largest absolute Gasteiger partial charge is 0.505 e. The maximum Gasteiger partial charge on any atom is 0.165 e. The number of hydrogen-bond donors (Lipinski definition) is 3. The van der Waals surface area contributed by atoms with Gasteiger partial charge in [-0.05, 0) is 48.4 Å². The van der Waals surface area contributed by atoms with Gasteiger partial charge in [0.2, 0.25) is 0 Å². The molecule has 0 amide bonds. The lowest BCUT2D eigenvalue weighted by atomic mass is 9.90. The number of aliphatic hydroxyl groups excluding tert-OH is 2. The molecule has 146 valence electrons. The summed E-state index contributed by atoms with van der Waals surface area (Å²) in [7, 11) is 0. The van der Waals surface area contributed by atoms with Crippen LogP contribution in [-0.2, 0) is 0 Å². The minimum absolute atomic E-state index is 0.365. The number of thiophene rings is 1. The van der Waals surface area contributed by atoms with Crippen molar-refractivity contribution in [1.29, 1.82) is 0 Å². The number of phenols is 1. The van der Waals surface area contributed by atoms with Crippen LogP contribution in [0.15, 0.2) is 53.9 Å². The molecule has 0 radical (unpaired) electrons. The summed E-state index contributed by atoms with van der Waals surface area (Å²) in [6.07, 6.45) is 4.89.